The number of carbonyl (C=O) groups is 2. The molecule has 1 rings (SSSR count). The van der Waals surface area contributed by atoms with Crippen LogP contribution in [0.4, 0.5) is 4.79 Å². The molecule has 0 bridgehead atoms. The maximum atomic E-state index is 12.0. The molecule has 1 atom stereocenters. The fourth-order valence-electron chi connectivity index (χ4n) is 1.72. The van der Waals surface area contributed by atoms with E-state index in [2.05, 4.69) is 5.32 Å². The number of unbranched alkanes of at least 4 members (excludes halogenated alkanes) is 1. The lowest BCUT2D eigenvalue weighted by Gasteiger charge is -2.14. The maximum absolute atomic E-state index is 12.0. The third-order valence-corrected chi connectivity index (χ3v) is 2.96. The Labute approximate surface area is 119 Å². The van der Waals surface area contributed by atoms with Crippen LogP contribution in [0.3, 0.4) is 0 Å². The van der Waals surface area contributed by atoms with Gasteiger partial charge in [0.1, 0.15) is 5.75 Å². The molecule has 1 unspecified atom stereocenters. The number of amides is 2. The normalized spacial score (nSPS) is 11.6. The molecule has 0 radical (unpaired) electrons. The van der Waals surface area contributed by atoms with Crippen molar-refractivity contribution in [3.05, 3.63) is 29.8 Å². The van der Waals surface area contributed by atoms with E-state index in [0.29, 0.717) is 12.4 Å². The van der Waals surface area contributed by atoms with Crippen molar-refractivity contribution in [1.82, 2.24) is 5.32 Å². The van der Waals surface area contributed by atoms with E-state index < -0.39 is 17.9 Å². The highest BCUT2D eigenvalue weighted by Crippen LogP contribution is 2.26. The quantitative estimate of drug-likeness (QED) is 0.813. The van der Waals surface area contributed by atoms with Gasteiger partial charge in [-0.3, -0.25) is 10.1 Å². The second kappa shape index (κ2) is 8.19. The lowest BCUT2D eigenvalue weighted by molar-refractivity contribution is -0.121. The number of hydrogen-bond donors (Lipinski definition) is 1. The average Bonchev–Trinajstić information content (AvgIpc) is 2.46. The van der Waals surface area contributed by atoms with Gasteiger partial charge >= 0.3 is 6.09 Å². The van der Waals surface area contributed by atoms with E-state index >= 15 is 0 Å². The van der Waals surface area contributed by atoms with Gasteiger partial charge in [-0.2, -0.15) is 0 Å². The topological polar surface area (TPSA) is 64.6 Å². The molecule has 0 aliphatic heterocycles. The molecule has 0 spiro atoms. The molecule has 0 aliphatic rings. The van der Waals surface area contributed by atoms with Crippen molar-refractivity contribution in [2.24, 2.45) is 0 Å². The first-order valence-corrected chi connectivity index (χ1v) is 6.70. The Hall–Kier alpha value is -2.04. The summed E-state index contributed by atoms with van der Waals surface area (Å²) in [6, 6.07) is 7.22. The van der Waals surface area contributed by atoms with Crippen LogP contribution in [0, 0.1) is 0 Å². The Balaban J connectivity index is 2.60. The van der Waals surface area contributed by atoms with E-state index in [4.69, 9.17) is 9.47 Å². The number of nitrogens with one attached hydrogen (secondary N) is 1. The van der Waals surface area contributed by atoms with Gasteiger partial charge in [0, 0.05) is 5.56 Å². The monoisotopic (exact) mass is 279 g/mol. The molecular formula is C15H21NO4. The summed E-state index contributed by atoms with van der Waals surface area (Å²) in [5.74, 6) is -0.282. The van der Waals surface area contributed by atoms with E-state index in [0.717, 1.165) is 18.4 Å². The van der Waals surface area contributed by atoms with Crippen molar-refractivity contribution in [2.75, 3.05) is 13.7 Å². The minimum atomic E-state index is -0.704. The number of imide groups is 1. The number of para-hydroxylation sites is 1. The second-order valence-corrected chi connectivity index (χ2v) is 4.44. The average molecular weight is 279 g/mol. The van der Waals surface area contributed by atoms with Gasteiger partial charge in [0.15, 0.2) is 0 Å². The van der Waals surface area contributed by atoms with Crippen LogP contribution in [0.1, 0.15) is 38.2 Å². The zero-order valence-corrected chi connectivity index (χ0v) is 12.1. The van der Waals surface area contributed by atoms with Crippen molar-refractivity contribution in [3.63, 3.8) is 0 Å². The standard InChI is InChI=1S/C15H21NO4/c1-4-5-10-20-15(18)16-14(17)11(2)12-8-6-7-9-13(12)19-3/h6-9,11H,4-5,10H2,1-3H3,(H,16,17,18). The molecule has 1 N–H and O–H groups in total. The predicted octanol–water partition coefficient (Wildman–Crippen LogP) is 2.85. The Morgan fingerprint density at radius 1 is 1.30 bits per heavy atom. The van der Waals surface area contributed by atoms with E-state index in [1.165, 1.54) is 0 Å². The zero-order valence-electron chi connectivity index (χ0n) is 12.1. The first-order chi connectivity index (χ1) is 9.60. The molecular weight excluding hydrogens is 258 g/mol. The Bertz CT molecular complexity index is 459. The van der Waals surface area contributed by atoms with Crippen LogP contribution in [0.2, 0.25) is 0 Å². The molecule has 0 aliphatic carbocycles. The van der Waals surface area contributed by atoms with Gasteiger partial charge < -0.3 is 9.47 Å². The second-order valence-electron chi connectivity index (χ2n) is 4.44. The lowest BCUT2D eigenvalue weighted by Crippen LogP contribution is -2.34. The Kier molecular flexibility index (Phi) is 6.56. The van der Waals surface area contributed by atoms with Gasteiger partial charge in [-0.05, 0) is 19.4 Å². The Morgan fingerprint density at radius 3 is 2.65 bits per heavy atom. The number of carbonyl (C=O) groups excluding carboxylic acids is 2. The number of methoxy groups -OCH3 is 1. The zero-order chi connectivity index (χ0) is 15.0. The first-order valence-electron chi connectivity index (χ1n) is 6.70. The number of hydrogen-bond acceptors (Lipinski definition) is 4. The van der Waals surface area contributed by atoms with Crippen LogP contribution in [-0.2, 0) is 9.53 Å². The number of benzene rings is 1. The van der Waals surface area contributed by atoms with Crippen molar-refractivity contribution in [3.8, 4) is 5.75 Å². The minimum Gasteiger partial charge on any atom is -0.496 e. The van der Waals surface area contributed by atoms with Crippen LogP contribution in [-0.4, -0.2) is 25.7 Å². The molecule has 0 saturated heterocycles. The van der Waals surface area contributed by atoms with E-state index in [1.807, 2.05) is 19.1 Å². The molecule has 110 valence electrons. The van der Waals surface area contributed by atoms with E-state index in [9.17, 15) is 9.59 Å². The Morgan fingerprint density at radius 2 is 2.00 bits per heavy atom. The molecule has 0 saturated carbocycles. The summed E-state index contributed by atoms with van der Waals surface area (Å²) in [5.41, 5.74) is 0.730. The smallest absolute Gasteiger partial charge is 0.413 e. The van der Waals surface area contributed by atoms with Crippen LogP contribution in [0.5, 0.6) is 5.75 Å². The molecule has 0 aromatic heterocycles. The fourth-order valence-corrected chi connectivity index (χ4v) is 1.72. The molecule has 1 aromatic rings. The van der Waals surface area contributed by atoms with Gasteiger partial charge in [-0.15, -0.1) is 0 Å². The number of rotatable bonds is 6. The van der Waals surface area contributed by atoms with Gasteiger partial charge in [-0.1, -0.05) is 31.5 Å². The molecule has 0 fully saturated rings. The SMILES string of the molecule is CCCCOC(=O)NC(=O)C(C)c1ccccc1OC. The van der Waals surface area contributed by atoms with E-state index in [1.54, 1.807) is 26.2 Å². The summed E-state index contributed by atoms with van der Waals surface area (Å²) in [5, 5.41) is 2.23. The predicted molar refractivity (Wildman–Crippen MR) is 75.8 cm³/mol. The van der Waals surface area contributed by atoms with Crippen molar-refractivity contribution in [1.29, 1.82) is 0 Å². The van der Waals surface area contributed by atoms with Crippen molar-refractivity contribution >= 4 is 12.0 Å². The van der Waals surface area contributed by atoms with Gasteiger partial charge in [0.25, 0.3) is 0 Å². The summed E-state index contributed by atoms with van der Waals surface area (Å²) in [4.78, 5) is 23.4. The summed E-state index contributed by atoms with van der Waals surface area (Å²) >= 11 is 0. The highest BCUT2D eigenvalue weighted by atomic mass is 16.5. The van der Waals surface area contributed by atoms with Gasteiger partial charge in [0.05, 0.1) is 19.6 Å². The largest absolute Gasteiger partial charge is 0.496 e. The van der Waals surface area contributed by atoms with Gasteiger partial charge in [0.2, 0.25) is 5.91 Å². The van der Waals surface area contributed by atoms with Crippen LogP contribution in [0.15, 0.2) is 24.3 Å². The molecule has 2 amide bonds. The maximum Gasteiger partial charge on any atom is 0.413 e. The number of ether oxygens (including phenoxy) is 2. The van der Waals surface area contributed by atoms with Crippen LogP contribution < -0.4 is 10.1 Å². The van der Waals surface area contributed by atoms with Crippen LogP contribution >= 0.6 is 0 Å². The van der Waals surface area contributed by atoms with E-state index in [-0.39, 0.29) is 0 Å². The summed E-state index contributed by atoms with van der Waals surface area (Å²) in [6.07, 6.45) is 1.01. The summed E-state index contributed by atoms with van der Waals surface area (Å²) in [6.45, 7) is 4.03. The van der Waals surface area contributed by atoms with Crippen molar-refractivity contribution < 1.29 is 19.1 Å². The molecule has 5 heteroatoms. The fraction of sp³-hybridized carbons (Fsp3) is 0.467. The highest BCUT2D eigenvalue weighted by Gasteiger charge is 2.21. The molecule has 5 nitrogen and oxygen atoms in total. The molecule has 0 heterocycles. The lowest BCUT2D eigenvalue weighted by atomic mass is 9.99. The van der Waals surface area contributed by atoms with Gasteiger partial charge in [-0.25, -0.2) is 4.79 Å². The summed E-state index contributed by atoms with van der Waals surface area (Å²) < 4.78 is 10.1. The van der Waals surface area contributed by atoms with Crippen LogP contribution in [0.25, 0.3) is 0 Å². The minimum absolute atomic E-state index is 0.318. The summed E-state index contributed by atoms with van der Waals surface area (Å²) in [7, 11) is 1.54. The third kappa shape index (κ3) is 4.57. The number of alkyl carbamates (subject to hydrolysis) is 1. The third-order valence-electron chi connectivity index (χ3n) is 2.96. The molecule has 1 aromatic carbocycles. The molecule has 20 heavy (non-hydrogen) atoms. The highest BCUT2D eigenvalue weighted by molar-refractivity contribution is 5.95. The first kappa shape index (κ1) is 16.0. The van der Waals surface area contributed by atoms with Crippen molar-refractivity contribution in [2.45, 2.75) is 32.6 Å².